The first-order valence-corrected chi connectivity index (χ1v) is 12.1. The fourth-order valence-electron chi connectivity index (χ4n) is 4.18. The van der Waals surface area contributed by atoms with Crippen LogP contribution >= 0.6 is 11.6 Å². The maximum absolute atomic E-state index is 13.5. The molecular weight excluding hydrogens is 498 g/mol. The summed E-state index contributed by atoms with van der Waals surface area (Å²) in [5.41, 5.74) is 6.26. The van der Waals surface area contributed by atoms with Crippen molar-refractivity contribution in [2.24, 2.45) is 5.73 Å². The number of halogens is 1. The van der Waals surface area contributed by atoms with Crippen LogP contribution in [-0.4, -0.2) is 52.2 Å². The lowest BCUT2D eigenvalue weighted by atomic mass is 10.0. The number of para-hydroxylation sites is 1. The third kappa shape index (κ3) is 5.65. The van der Waals surface area contributed by atoms with Crippen LogP contribution in [0.3, 0.4) is 0 Å². The maximum Gasteiger partial charge on any atom is 0.404 e. The molecule has 11 heteroatoms. The number of amides is 1. The van der Waals surface area contributed by atoms with Crippen molar-refractivity contribution in [2.45, 2.75) is 25.0 Å². The van der Waals surface area contributed by atoms with E-state index in [2.05, 4.69) is 20.3 Å². The zero-order valence-corrected chi connectivity index (χ0v) is 20.4. The molecule has 0 unspecified atom stereocenters. The number of aromatic amines is 1. The van der Waals surface area contributed by atoms with Gasteiger partial charge in [0.25, 0.3) is 0 Å². The van der Waals surface area contributed by atoms with Crippen LogP contribution in [0.2, 0.25) is 5.02 Å². The van der Waals surface area contributed by atoms with Gasteiger partial charge in [-0.05, 0) is 37.1 Å². The number of nitrogens with one attached hydrogen (secondary N) is 2. The number of anilines is 1. The fourth-order valence-corrected chi connectivity index (χ4v) is 4.44. The second-order valence-electron chi connectivity index (χ2n) is 8.54. The summed E-state index contributed by atoms with van der Waals surface area (Å²) < 4.78 is 16.4. The summed E-state index contributed by atoms with van der Waals surface area (Å²) in [5.74, 6) is 1.42. The van der Waals surface area contributed by atoms with Gasteiger partial charge < -0.3 is 30.2 Å². The van der Waals surface area contributed by atoms with E-state index in [1.807, 2.05) is 30.3 Å². The molecule has 1 saturated heterocycles. The number of carbonyl (C=O) groups is 2. The zero-order chi connectivity index (χ0) is 25.8. The van der Waals surface area contributed by atoms with Gasteiger partial charge in [-0.1, -0.05) is 29.8 Å². The van der Waals surface area contributed by atoms with Crippen molar-refractivity contribution in [3.8, 4) is 11.5 Å². The highest BCUT2D eigenvalue weighted by Crippen LogP contribution is 2.32. The Bertz CT molecular complexity index is 1420. The van der Waals surface area contributed by atoms with Crippen molar-refractivity contribution in [2.75, 3.05) is 18.5 Å². The summed E-state index contributed by atoms with van der Waals surface area (Å²) in [4.78, 5) is 36.0. The number of ketones is 1. The predicted molar refractivity (Wildman–Crippen MR) is 137 cm³/mol. The van der Waals surface area contributed by atoms with E-state index in [9.17, 15) is 9.59 Å². The van der Waals surface area contributed by atoms with Gasteiger partial charge in [0.1, 0.15) is 35.9 Å². The number of hydrogen-bond acceptors (Lipinski definition) is 8. The highest BCUT2D eigenvalue weighted by Gasteiger charge is 2.25. The third-order valence-electron chi connectivity index (χ3n) is 6.00. The molecule has 3 heterocycles. The molecule has 2 atom stereocenters. The first kappa shape index (κ1) is 24.5. The molecule has 1 amide bonds. The maximum atomic E-state index is 13.5. The largest absolute Gasteiger partial charge is 0.457 e. The number of rotatable bonds is 8. The second-order valence-corrected chi connectivity index (χ2v) is 8.95. The molecule has 0 aliphatic carbocycles. The van der Waals surface area contributed by atoms with Gasteiger partial charge in [0.2, 0.25) is 0 Å². The standard InChI is InChI=1S/C26H24ClN5O5/c27-21-10-17(37-16-4-2-1-3-5-16)8-9-19(21)23(33)20-11-29-24-22(20)25(31-14-30-24)32-15-6-7-18(35-12-15)13-36-26(28)34/h1-5,8-11,14-15,18H,6-7,12-13H2,(H2,28,34)(H2,29,30,31,32)/t15-,18+/m1/s1. The van der Waals surface area contributed by atoms with Crippen molar-refractivity contribution < 1.29 is 23.8 Å². The van der Waals surface area contributed by atoms with Crippen LogP contribution in [0.15, 0.2) is 61.1 Å². The molecule has 4 N–H and O–H groups in total. The van der Waals surface area contributed by atoms with Crippen molar-refractivity contribution in [3.63, 3.8) is 0 Å². The summed E-state index contributed by atoms with van der Waals surface area (Å²) in [6, 6.07) is 14.2. The highest BCUT2D eigenvalue weighted by atomic mass is 35.5. The molecule has 37 heavy (non-hydrogen) atoms. The Labute approximate surface area is 217 Å². The Kier molecular flexibility index (Phi) is 7.20. The normalized spacial score (nSPS) is 17.3. The van der Waals surface area contributed by atoms with Crippen LogP contribution in [0.4, 0.5) is 10.6 Å². The monoisotopic (exact) mass is 521 g/mol. The minimum absolute atomic E-state index is 0.0567. The molecule has 2 aromatic carbocycles. The average molecular weight is 522 g/mol. The summed E-state index contributed by atoms with van der Waals surface area (Å²) >= 11 is 6.50. The molecule has 4 aromatic rings. The quantitative estimate of drug-likeness (QED) is 0.283. The number of aromatic nitrogens is 3. The second kappa shape index (κ2) is 10.9. The number of hydrogen-bond donors (Lipinski definition) is 3. The van der Waals surface area contributed by atoms with Crippen molar-refractivity contribution in [3.05, 3.63) is 77.2 Å². The van der Waals surface area contributed by atoms with E-state index < -0.39 is 6.09 Å². The van der Waals surface area contributed by atoms with E-state index in [1.165, 1.54) is 6.33 Å². The van der Waals surface area contributed by atoms with Crippen molar-refractivity contribution in [1.29, 1.82) is 0 Å². The van der Waals surface area contributed by atoms with Crippen LogP contribution in [0.25, 0.3) is 11.0 Å². The van der Waals surface area contributed by atoms with Crippen LogP contribution in [0.5, 0.6) is 11.5 Å². The van der Waals surface area contributed by atoms with Crippen molar-refractivity contribution in [1.82, 2.24) is 15.0 Å². The van der Waals surface area contributed by atoms with Gasteiger partial charge in [-0.2, -0.15) is 0 Å². The number of H-pyrrole nitrogens is 1. The third-order valence-corrected chi connectivity index (χ3v) is 6.31. The molecule has 10 nitrogen and oxygen atoms in total. The van der Waals surface area contributed by atoms with Crippen LogP contribution in [0, 0.1) is 0 Å². The molecule has 0 radical (unpaired) electrons. The lowest BCUT2D eigenvalue weighted by Crippen LogP contribution is -2.37. The van der Waals surface area contributed by atoms with Gasteiger partial charge >= 0.3 is 6.09 Å². The lowest BCUT2D eigenvalue weighted by molar-refractivity contribution is -0.0257. The molecule has 1 fully saturated rings. The lowest BCUT2D eigenvalue weighted by Gasteiger charge is -2.29. The Balaban J connectivity index is 1.33. The number of nitrogens with two attached hydrogens (primary N) is 1. The van der Waals surface area contributed by atoms with E-state index in [-0.39, 0.29) is 29.6 Å². The van der Waals surface area contributed by atoms with Crippen molar-refractivity contribution >= 4 is 40.3 Å². The van der Waals surface area contributed by atoms with Crippen LogP contribution in [0.1, 0.15) is 28.8 Å². The molecule has 5 rings (SSSR count). The first-order valence-electron chi connectivity index (χ1n) is 11.7. The molecule has 1 aliphatic heterocycles. The summed E-state index contributed by atoms with van der Waals surface area (Å²) in [6.07, 6.45) is 3.41. The van der Waals surface area contributed by atoms with Gasteiger partial charge in [-0.25, -0.2) is 14.8 Å². The number of fused-ring (bicyclic) bond motifs is 1. The minimum atomic E-state index is -0.824. The number of primary amides is 1. The predicted octanol–water partition coefficient (Wildman–Crippen LogP) is 4.69. The van der Waals surface area contributed by atoms with E-state index in [0.717, 1.165) is 6.42 Å². The zero-order valence-electron chi connectivity index (χ0n) is 19.6. The summed E-state index contributed by atoms with van der Waals surface area (Å²) in [5, 5.41) is 4.19. The molecule has 190 valence electrons. The van der Waals surface area contributed by atoms with E-state index in [1.54, 1.807) is 24.4 Å². The van der Waals surface area contributed by atoms with Gasteiger partial charge in [0.05, 0.1) is 34.7 Å². The molecule has 0 saturated carbocycles. The Hall–Kier alpha value is -4.15. The number of carbonyl (C=O) groups excluding carboxylic acids is 2. The molecule has 1 aliphatic rings. The number of benzene rings is 2. The van der Waals surface area contributed by atoms with Crippen LogP contribution < -0.4 is 15.8 Å². The number of nitrogens with zero attached hydrogens (tertiary/aromatic N) is 2. The summed E-state index contributed by atoms with van der Waals surface area (Å²) in [7, 11) is 0. The van der Waals surface area contributed by atoms with E-state index in [0.29, 0.717) is 52.5 Å². The first-order chi connectivity index (χ1) is 18.0. The topological polar surface area (TPSA) is 141 Å². The SMILES string of the molecule is NC(=O)OC[C@@H]1CC[C@@H](Nc2ncnc3[nH]cc(C(=O)c4ccc(Oc5ccccc5)cc4Cl)c23)CO1. The smallest absolute Gasteiger partial charge is 0.404 e. The highest BCUT2D eigenvalue weighted by molar-refractivity contribution is 6.35. The van der Waals surface area contributed by atoms with Crippen LogP contribution in [-0.2, 0) is 9.47 Å². The Morgan fingerprint density at radius 3 is 2.68 bits per heavy atom. The fraction of sp³-hybridized carbons (Fsp3) is 0.231. The van der Waals surface area contributed by atoms with Gasteiger partial charge in [-0.3, -0.25) is 4.79 Å². The van der Waals surface area contributed by atoms with E-state index >= 15 is 0 Å². The minimum Gasteiger partial charge on any atom is -0.457 e. The Morgan fingerprint density at radius 2 is 1.95 bits per heavy atom. The molecule has 0 bridgehead atoms. The van der Waals surface area contributed by atoms with E-state index in [4.69, 9.17) is 31.5 Å². The molecule has 2 aromatic heterocycles. The van der Waals surface area contributed by atoms with Gasteiger partial charge in [0, 0.05) is 17.8 Å². The molecule has 0 spiro atoms. The molecular formula is C26H24ClN5O5. The average Bonchev–Trinajstić information content (AvgIpc) is 3.34. The van der Waals surface area contributed by atoms with Gasteiger partial charge in [0.15, 0.2) is 5.78 Å². The van der Waals surface area contributed by atoms with Gasteiger partial charge in [-0.15, -0.1) is 0 Å². The number of ether oxygens (including phenoxy) is 3. The Morgan fingerprint density at radius 1 is 1.11 bits per heavy atom. The summed E-state index contributed by atoms with van der Waals surface area (Å²) in [6.45, 7) is 0.493.